The molecule has 1 heterocycles. The van der Waals surface area contributed by atoms with Gasteiger partial charge in [0, 0.05) is 31.4 Å². The van der Waals surface area contributed by atoms with Crippen molar-refractivity contribution in [3.63, 3.8) is 0 Å². The van der Waals surface area contributed by atoms with E-state index in [-0.39, 0.29) is 0 Å². The number of likely N-dealkylation sites (N-methyl/N-ethyl adjacent to an activating group) is 1. The van der Waals surface area contributed by atoms with E-state index in [1.54, 1.807) is 0 Å². The molecule has 0 radical (unpaired) electrons. The summed E-state index contributed by atoms with van der Waals surface area (Å²) >= 11 is 0. The normalized spacial score (nSPS) is 15.5. The quantitative estimate of drug-likeness (QED) is 0.818. The summed E-state index contributed by atoms with van der Waals surface area (Å²) in [6, 6.07) is 0.507. The molecule has 0 amide bonds. The van der Waals surface area contributed by atoms with Crippen LogP contribution in [0.5, 0.6) is 0 Å². The largest absolute Gasteiger partial charge is 0.335 e. The molecule has 0 saturated carbocycles. The molecule has 1 N–H and O–H groups in total. The van der Waals surface area contributed by atoms with Gasteiger partial charge < -0.3 is 9.88 Å². The topological polar surface area (TPSA) is 29.9 Å². The first kappa shape index (κ1) is 16.2. The molecule has 0 aliphatic rings. The molecular formula is C16H31N3. The van der Waals surface area contributed by atoms with Crippen LogP contribution in [0.1, 0.15) is 53.3 Å². The molecule has 2 atom stereocenters. The Kier molecular flexibility index (Phi) is 6.05. The van der Waals surface area contributed by atoms with Gasteiger partial charge in [-0.1, -0.05) is 34.6 Å². The van der Waals surface area contributed by atoms with Gasteiger partial charge in [0.25, 0.3) is 0 Å². The molecule has 1 rings (SSSR count). The van der Waals surface area contributed by atoms with E-state index < -0.39 is 0 Å². The maximum absolute atomic E-state index is 4.51. The Morgan fingerprint density at radius 3 is 2.58 bits per heavy atom. The van der Waals surface area contributed by atoms with Crippen LogP contribution < -0.4 is 5.32 Å². The lowest BCUT2D eigenvalue weighted by atomic mass is 9.78. The first-order chi connectivity index (χ1) is 8.88. The highest BCUT2D eigenvalue weighted by atomic mass is 15.1. The predicted octanol–water partition coefficient (Wildman–Crippen LogP) is 3.50. The molecule has 0 aliphatic carbocycles. The molecule has 0 fully saturated rings. The number of hydrogen-bond acceptors (Lipinski definition) is 2. The van der Waals surface area contributed by atoms with Crippen LogP contribution >= 0.6 is 0 Å². The van der Waals surface area contributed by atoms with Gasteiger partial charge >= 0.3 is 0 Å². The van der Waals surface area contributed by atoms with Crippen molar-refractivity contribution in [2.75, 3.05) is 7.05 Å². The van der Waals surface area contributed by atoms with Gasteiger partial charge in [0.05, 0.1) is 0 Å². The summed E-state index contributed by atoms with van der Waals surface area (Å²) in [6.07, 6.45) is 7.39. The van der Waals surface area contributed by atoms with Crippen molar-refractivity contribution in [3.05, 3.63) is 18.2 Å². The molecule has 0 bridgehead atoms. The van der Waals surface area contributed by atoms with E-state index in [0.717, 1.165) is 19.4 Å². The van der Waals surface area contributed by atoms with Crippen LogP contribution in [-0.2, 0) is 13.0 Å². The highest BCUT2D eigenvalue weighted by Crippen LogP contribution is 2.29. The van der Waals surface area contributed by atoms with Crippen molar-refractivity contribution >= 4 is 0 Å². The first-order valence-corrected chi connectivity index (χ1v) is 7.55. The zero-order valence-electron chi connectivity index (χ0n) is 13.5. The van der Waals surface area contributed by atoms with Crippen LogP contribution in [0.4, 0.5) is 0 Å². The van der Waals surface area contributed by atoms with Gasteiger partial charge in [-0.15, -0.1) is 0 Å². The van der Waals surface area contributed by atoms with Crippen molar-refractivity contribution in [3.8, 4) is 0 Å². The smallest absolute Gasteiger partial charge is 0.110 e. The van der Waals surface area contributed by atoms with Gasteiger partial charge in [-0.25, -0.2) is 4.98 Å². The molecule has 110 valence electrons. The maximum Gasteiger partial charge on any atom is 0.110 e. The lowest BCUT2D eigenvalue weighted by Gasteiger charge is -2.30. The third-order valence-electron chi connectivity index (χ3n) is 4.22. The van der Waals surface area contributed by atoms with Crippen molar-refractivity contribution < 1.29 is 0 Å². The monoisotopic (exact) mass is 265 g/mol. The van der Waals surface area contributed by atoms with Gasteiger partial charge in [-0.3, -0.25) is 0 Å². The molecule has 3 nitrogen and oxygen atoms in total. The number of aryl methyl sites for hydroxylation is 1. The van der Waals surface area contributed by atoms with Gasteiger partial charge in [0.2, 0.25) is 0 Å². The van der Waals surface area contributed by atoms with Crippen molar-refractivity contribution in [2.24, 2.45) is 11.3 Å². The number of aromatic nitrogens is 2. The summed E-state index contributed by atoms with van der Waals surface area (Å²) in [7, 11) is 2.06. The van der Waals surface area contributed by atoms with Crippen LogP contribution in [0.2, 0.25) is 0 Å². The van der Waals surface area contributed by atoms with Crippen LogP contribution in [0.15, 0.2) is 12.4 Å². The minimum absolute atomic E-state index is 0.369. The Morgan fingerprint density at radius 1 is 1.37 bits per heavy atom. The van der Waals surface area contributed by atoms with Crippen molar-refractivity contribution in [1.82, 2.24) is 14.9 Å². The summed E-state index contributed by atoms with van der Waals surface area (Å²) in [5.74, 6) is 1.90. The molecule has 19 heavy (non-hydrogen) atoms. The fraction of sp³-hybridized carbons (Fsp3) is 0.812. The zero-order valence-corrected chi connectivity index (χ0v) is 13.5. The van der Waals surface area contributed by atoms with Crippen LogP contribution in [0.3, 0.4) is 0 Å². The van der Waals surface area contributed by atoms with Crippen LogP contribution in [0.25, 0.3) is 0 Å². The Bertz CT molecular complexity index is 362. The molecule has 0 aliphatic heterocycles. The summed E-state index contributed by atoms with van der Waals surface area (Å²) in [4.78, 5) is 4.51. The van der Waals surface area contributed by atoms with Gasteiger partial charge in [-0.05, 0) is 31.2 Å². The fourth-order valence-corrected chi connectivity index (χ4v) is 2.28. The standard InChI is InChI=1S/C16H31N3/c1-7-9-19-10-8-18-15(19)12-14(17-6)11-13(2)16(3,4)5/h8,10,13-14,17H,7,9,11-12H2,1-6H3. The SMILES string of the molecule is CCCn1ccnc1CC(CC(C)C(C)(C)C)NC. The summed E-state index contributed by atoms with van der Waals surface area (Å²) in [5, 5.41) is 3.46. The number of nitrogens with zero attached hydrogens (tertiary/aromatic N) is 2. The number of nitrogens with one attached hydrogen (secondary N) is 1. The molecule has 0 spiro atoms. The van der Waals surface area contributed by atoms with E-state index in [2.05, 4.69) is 62.7 Å². The Hall–Kier alpha value is -0.830. The highest BCUT2D eigenvalue weighted by Gasteiger charge is 2.23. The third-order valence-corrected chi connectivity index (χ3v) is 4.22. The molecule has 0 saturated heterocycles. The van der Waals surface area contributed by atoms with Crippen LogP contribution in [-0.4, -0.2) is 22.6 Å². The first-order valence-electron chi connectivity index (χ1n) is 7.55. The van der Waals surface area contributed by atoms with E-state index in [1.165, 1.54) is 12.2 Å². The number of rotatable bonds is 7. The van der Waals surface area contributed by atoms with Crippen LogP contribution in [0, 0.1) is 11.3 Å². The van der Waals surface area contributed by atoms with E-state index in [0.29, 0.717) is 17.4 Å². The molecule has 1 aromatic rings. The lowest BCUT2D eigenvalue weighted by Crippen LogP contribution is -2.33. The average molecular weight is 265 g/mol. The second kappa shape index (κ2) is 7.09. The average Bonchev–Trinajstić information content (AvgIpc) is 2.75. The van der Waals surface area contributed by atoms with Gasteiger partial charge in [-0.2, -0.15) is 0 Å². The summed E-state index contributed by atoms with van der Waals surface area (Å²) in [6.45, 7) is 12.6. The number of imidazole rings is 1. The molecule has 0 aromatic carbocycles. The molecule has 3 heteroatoms. The fourth-order valence-electron chi connectivity index (χ4n) is 2.28. The maximum atomic E-state index is 4.51. The van der Waals surface area contributed by atoms with Crippen molar-refractivity contribution in [2.45, 2.75) is 66.5 Å². The summed E-state index contributed by atoms with van der Waals surface area (Å²) in [5.41, 5.74) is 0.369. The summed E-state index contributed by atoms with van der Waals surface area (Å²) < 4.78 is 2.28. The van der Waals surface area contributed by atoms with E-state index in [9.17, 15) is 0 Å². The third kappa shape index (κ3) is 4.98. The Morgan fingerprint density at radius 2 is 2.05 bits per heavy atom. The highest BCUT2D eigenvalue weighted by molar-refractivity contribution is 4.96. The Labute approximate surface area is 118 Å². The zero-order chi connectivity index (χ0) is 14.5. The second-order valence-electron chi connectivity index (χ2n) is 6.73. The molecule has 2 unspecified atom stereocenters. The van der Waals surface area contributed by atoms with Gasteiger partial charge in [0.15, 0.2) is 0 Å². The second-order valence-corrected chi connectivity index (χ2v) is 6.73. The van der Waals surface area contributed by atoms with Gasteiger partial charge in [0.1, 0.15) is 5.82 Å². The van der Waals surface area contributed by atoms with E-state index in [4.69, 9.17) is 0 Å². The Balaban J connectivity index is 2.64. The molecular weight excluding hydrogens is 234 g/mol. The van der Waals surface area contributed by atoms with E-state index >= 15 is 0 Å². The lowest BCUT2D eigenvalue weighted by molar-refractivity contribution is 0.223. The number of hydrogen-bond donors (Lipinski definition) is 1. The molecule has 1 aromatic heterocycles. The van der Waals surface area contributed by atoms with E-state index in [1.807, 2.05) is 6.20 Å². The van der Waals surface area contributed by atoms with Crippen molar-refractivity contribution in [1.29, 1.82) is 0 Å². The minimum Gasteiger partial charge on any atom is -0.335 e. The predicted molar refractivity (Wildman–Crippen MR) is 82.3 cm³/mol. The minimum atomic E-state index is 0.369.